The highest BCUT2D eigenvalue weighted by Gasteiger charge is 2.37. The first-order valence-corrected chi connectivity index (χ1v) is 8.10. The van der Waals surface area contributed by atoms with Crippen LogP contribution in [0.2, 0.25) is 0 Å². The number of hydrogen-bond donors (Lipinski definition) is 0. The number of rotatable bonds is 2. The molecule has 1 nitrogen and oxygen atoms in total. The highest BCUT2D eigenvalue weighted by molar-refractivity contribution is 6.32. The number of allylic oxidation sites excluding steroid dienone is 7. The maximum atomic E-state index is 6.42. The standard InChI is InChI=1S/C20H22ClN/c1-5-14-10-11-15(19(14)21)12-13-18-20(2,3)16-8-6-7-9-17(16)22(18)4/h5-9,12-13H,1,10-11H2,2-4H3. The van der Waals surface area contributed by atoms with Crippen LogP contribution in [0.25, 0.3) is 0 Å². The topological polar surface area (TPSA) is 3.24 Å². The lowest BCUT2D eigenvalue weighted by Crippen LogP contribution is -2.22. The van der Waals surface area contributed by atoms with Gasteiger partial charge in [-0.3, -0.25) is 0 Å². The van der Waals surface area contributed by atoms with Gasteiger partial charge in [0, 0.05) is 28.9 Å². The fourth-order valence-electron chi connectivity index (χ4n) is 3.52. The first kappa shape index (κ1) is 15.2. The Morgan fingerprint density at radius 3 is 2.55 bits per heavy atom. The van der Waals surface area contributed by atoms with Crippen LogP contribution in [-0.4, -0.2) is 7.05 Å². The summed E-state index contributed by atoms with van der Waals surface area (Å²) < 4.78 is 0. The van der Waals surface area contributed by atoms with Crippen LogP contribution in [0.4, 0.5) is 5.69 Å². The third-order valence-electron chi connectivity index (χ3n) is 4.86. The van der Waals surface area contributed by atoms with Crippen LogP contribution in [-0.2, 0) is 5.41 Å². The summed E-state index contributed by atoms with van der Waals surface area (Å²) in [5, 5.41) is 0.878. The monoisotopic (exact) mass is 311 g/mol. The van der Waals surface area contributed by atoms with Gasteiger partial charge in [0.1, 0.15) is 0 Å². The zero-order valence-electron chi connectivity index (χ0n) is 13.5. The van der Waals surface area contributed by atoms with E-state index in [2.05, 4.69) is 68.8 Å². The molecule has 0 fully saturated rings. The van der Waals surface area contributed by atoms with Crippen molar-refractivity contribution in [3.8, 4) is 0 Å². The number of fused-ring (bicyclic) bond motifs is 1. The average Bonchev–Trinajstić information content (AvgIpc) is 2.95. The van der Waals surface area contributed by atoms with Crippen molar-refractivity contribution in [1.29, 1.82) is 0 Å². The van der Waals surface area contributed by atoms with Crippen molar-refractivity contribution < 1.29 is 0 Å². The van der Waals surface area contributed by atoms with Gasteiger partial charge in [-0.15, -0.1) is 0 Å². The SMILES string of the molecule is C=CC1=C(Cl)C(=CC=C2N(C)c3ccccc3C2(C)C)CC1. The molecule has 2 aliphatic rings. The molecular formula is C20H22ClN. The van der Waals surface area contributed by atoms with Gasteiger partial charge in [0.15, 0.2) is 0 Å². The molecule has 1 aromatic rings. The van der Waals surface area contributed by atoms with E-state index in [0.717, 1.165) is 23.4 Å². The van der Waals surface area contributed by atoms with E-state index in [1.807, 2.05) is 6.08 Å². The Morgan fingerprint density at radius 1 is 1.18 bits per heavy atom. The molecule has 1 heterocycles. The molecule has 0 saturated carbocycles. The minimum atomic E-state index is 0.0124. The van der Waals surface area contributed by atoms with E-state index in [0.29, 0.717) is 0 Å². The van der Waals surface area contributed by atoms with E-state index in [9.17, 15) is 0 Å². The molecule has 1 aliphatic carbocycles. The van der Waals surface area contributed by atoms with Crippen LogP contribution in [0, 0.1) is 0 Å². The number of hydrogen-bond acceptors (Lipinski definition) is 1. The lowest BCUT2D eigenvalue weighted by molar-refractivity contribution is 0.640. The second-order valence-corrected chi connectivity index (χ2v) is 6.87. The summed E-state index contributed by atoms with van der Waals surface area (Å²) in [4.78, 5) is 2.29. The van der Waals surface area contributed by atoms with Crippen LogP contribution >= 0.6 is 11.6 Å². The van der Waals surface area contributed by atoms with Crippen molar-refractivity contribution in [3.05, 3.63) is 76.5 Å². The summed E-state index contributed by atoms with van der Waals surface area (Å²) >= 11 is 6.42. The normalized spacial score (nSPS) is 23.5. The van der Waals surface area contributed by atoms with Gasteiger partial charge in [0.05, 0.1) is 0 Å². The molecule has 0 atom stereocenters. The summed E-state index contributed by atoms with van der Waals surface area (Å²) in [7, 11) is 2.14. The summed E-state index contributed by atoms with van der Waals surface area (Å²) in [6, 6.07) is 8.62. The first-order chi connectivity index (χ1) is 10.5. The number of para-hydroxylation sites is 1. The van der Waals surface area contributed by atoms with Crippen molar-refractivity contribution >= 4 is 17.3 Å². The fourth-order valence-corrected chi connectivity index (χ4v) is 3.85. The molecule has 1 aliphatic heterocycles. The zero-order valence-corrected chi connectivity index (χ0v) is 14.2. The Hall–Kier alpha value is -1.73. The quantitative estimate of drug-likeness (QED) is 0.677. The van der Waals surface area contributed by atoms with Gasteiger partial charge < -0.3 is 4.90 Å². The molecule has 1 aromatic carbocycles. The second kappa shape index (κ2) is 5.48. The van der Waals surface area contributed by atoms with Crippen LogP contribution in [0.5, 0.6) is 0 Å². The van der Waals surface area contributed by atoms with Crippen LogP contribution in [0.3, 0.4) is 0 Å². The van der Waals surface area contributed by atoms with E-state index < -0.39 is 0 Å². The molecule has 114 valence electrons. The Kier molecular flexibility index (Phi) is 3.78. The summed E-state index contributed by atoms with van der Waals surface area (Å²) in [6.45, 7) is 8.39. The molecule has 0 spiro atoms. The van der Waals surface area contributed by atoms with Crippen molar-refractivity contribution in [1.82, 2.24) is 0 Å². The van der Waals surface area contributed by atoms with Crippen molar-refractivity contribution in [2.75, 3.05) is 11.9 Å². The molecule has 0 radical (unpaired) electrons. The lowest BCUT2D eigenvalue weighted by atomic mass is 9.83. The van der Waals surface area contributed by atoms with Gasteiger partial charge in [0.25, 0.3) is 0 Å². The van der Waals surface area contributed by atoms with Gasteiger partial charge in [0.2, 0.25) is 0 Å². The molecule has 0 N–H and O–H groups in total. The average molecular weight is 312 g/mol. The summed E-state index contributed by atoms with van der Waals surface area (Å²) in [5.74, 6) is 0. The summed E-state index contributed by atoms with van der Waals surface area (Å²) in [5.41, 5.74) is 6.35. The minimum absolute atomic E-state index is 0.0124. The van der Waals surface area contributed by atoms with Gasteiger partial charge in [-0.1, -0.05) is 62.4 Å². The molecule has 0 saturated heterocycles. The second-order valence-electron chi connectivity index (χ2n) is 6.49. The number of nitrogens with zero attached hydrogens (tertiary/aromatic N) is 1. The van der Waals surface area contributed by atoms with Gasteiger partial charge in [-0.05, 0) is 41.7 Å². The molecule has 0 aromatic heterocycles. The molecule has 0 bridgehead atoms. The fraction of sp³-hybridized carbons (Fsp3) is 0.300. The number of anilines is 1. The van der Waals surface area contributed by atoms with E-state index in [-0.39, 0.29) is 5.41 Å². The smallest absolute Gasteiger partial charge is 0.0470 e. The largest absolute Gasteiger partial charge is 0.347 e. The number of benzene rings is 1. The maximum absolute atomic E-state index is 6.42. The van der Waals surface area contributed by atoms with Crippen molar-refractivity contribution in [2.24, 2.45) is 0 Å². The van der Waals surface area contributed by atoms with Crippen LogP contribution in [0.15, 0.2) is 70.9 Å². The minimum Gasteiger partial charge on any atom is -0.347 e. The molecular weight excluding hydrogens is 290 g/mol. The molecule has 3 rings (SSSR count). The molecule has 2 heteroatoms. The predicted molar refractivity (Wildman–Crippen MR) is 96.3 cm³/mol. The van der Waals surface area contributed by atoms with Crippen LogP contribution in [0.1, 0.15) is 32.3 Å². The number of halogens is 1. The third kappa shape index (κ3) is 2.24. The van der Waals surface area contributed by atoms with Crippen molar-refractivity contribution in [3.63, 3.8) is 0 Å². The Morgan fingerprint density at radius 2 is 1.91 bits per heavy atom. The Balaban J connectivity index is 2.00. The zero-order chi connectivity index (χ0) is 15.9. The molecule has 0 unspecified atom stereocenters. The van der Waals surface area contributed by atoms with Crippen molar-refractivity contribution in [2.45, 2.75) is 32.1 Å². The lowest BCUT2D eigenvalue weighted by Gasteiger charge is -2.23. The predicted octanol–water partition coefficient (Wildman–Crippen LogP) is 5.70. The maximum Gasteiger partial charge on any atom is 0.0470 e. The van der Waals surface area contributed by atoms with E-state index in [1.165, 1.54) is 22.5 Å². The number of likely N-dealkylation sites (N-methyl/N-ethyl adjacent to an activating group) is 1. The Labute approximate surface area is 138 Å². The molecule has 0 amide bonds. The van der Waals surface area contributed by atoms with Gasteiger partial charge in [-0.2, -0.15) is 0 Å². The van der Waals surface area contributed by atoms with Gasteiger partial charge in [-0.25, -0.2) is 0 Å². The third-order valence-corrected chi connectivity index (χ3v) is 5.34. The van der Waals surface area contributed by atoms with Gasteiger partial charge >= 0.3 is 0 Å². The van der Waals surface area contributed by atoms with Crippen LogP contribution < -0.4 is 4.90 Å². The first-order valence-electron chi connectivity index (χ1n) is 7.73. The summed E-state index contributed by atoms with van der Waals surface area (Å²) in [6.07, 6.45) is 8.28. The van der Waals surface area contributed by atoms with E-state index in [1.54, 1.807) is 0 Å². The Bertz CT molecular complexity index is 719. The van der Waals surface area contributed by atoms with E-state index in [4.69, 9.17) is 11.6 Å². The van der Waals surface area contributed by atoms with E-state index >= 15 is 0 Å². The molecule has 22 heavy (non-hydrogen) atoms. The highest BCUT2D eigenvalue weighted by atomic mass is 35.5. The highest BCUT2D eigenvalue weighted by Crippen LogP contribution is 2.46.